The second-order valence-corrected chi connectivity index (χ2v) is 7.44. The SMILES string of the molecule is CN=C(NCc1ncc(C)s1)N1CCN(c2cccs2)CC1.I. The monoisotopic (exact) mass is 463 g/mol. The zero-order chi connectivity index (χ0) is 15.4. The third-order valence-corrected chi connectivity index (χ3v) is 5.52. The molecule has 1 aliphatic heterocycles. The molecular weight excluding hydrogens is 441 g/mol. The lowest BCUT2D eigenvalue weighted by atomic mass is 10.3. The first kappa shape index (κ1) is 18.5. The predicted molar refractivity (Wildman–Crippen MR) is 111 cm³/mol. The summed E-state index contributed by atoms with van der Waals surface area (Å²) < 4.78 is 0. The fraction of sp³-hybridized carbons (Fsp3) is 0.467. The number of thiophene rings is 1. The number of thiazole rings is 1. The van der Waals surface area contributed by atoms with E-state index in [1.54, 1.807) is 11.3 Å². The van der Waals surface area contributed by atoms with Gasteiger partial charge in [-0.2, -0.15) is 0 Å². The summed E-state index contributed by atoms with van der Waals surface area (Å²) >= 11 is 3.54. The number of aliphatic imine (C=N–C) groups is 1. The molecule has 126 valence electrons. The number of hydrogen-bond donors (Lipinski definition) is 1. The van der Waals surface area contributed by atoms with Crippen LogP contribution in [0.1, 0.15) is 9.88 Å². The van der Waals surface area contributed by atoms with Crippen molar-refractivity contribution in [1.29, 1.82) is 0 Å². The Morgan fingerprint density at radius 3 is 2.70 bits per heavy atom. The molecule has 1 fully saturated rings. The van der Waals surface area contributed by atoms with Crippen molar-refractivity contribution >= 4 is 57.6 Å². The van der Waals surface area contributed by atoms with Crippen molar-refractivity contribution in [1.82, 2.24) is 15.2 Å². The van der Waals surface area contributed by atoms with Gasteiger partial charge in [-0.05, 0) is 24.4 Å². The number of nitrogens with zero attached hydrogens (tertiary/aromatic N) is 4. The molecule has 3 heterocycles. The first-order chi connectivity index (χ1) is 10.8. The fourth-order valence-electron chi connectivity index (χ4n) is 2.56. The van der Waals surface area contributed by atoms with E-state index in [1.165, 1.54) is 9.88 Å². The Kier molecular flexibility index (Phi) is 7.09. The molecule has 8 heteroatoms. The summed E-state index contributed by atoms with van der Waals surface area (Å²) in [6.07, 6.45) is 1.92. The van der Waals surface area contributed by atoms with Gasteiger partial charge in [0.25, 0.3) is 0 Å². The van der Waals surface area contributed by atoms with Gasteiger partial charge in [0.1, 0.15) is 5.01 Å². The van der Waals surface area contributed by atoms with Gasteiger partial charge in [0, 0.05) is 44.3 Å². The van der Waals surface area contributed by atoms with E-state index in [0.717, 1.165) is 43.7 Å². The molecule has 0 bridgehead atoms. The van der Waals surface area contributed by atoms with Gasteiger partial charge in [0.15, 0.2) is 5.96 Å². The van der Waals surface area contributed by atoms with E-state index < -0.39 is 0 Å². The minimum atomic E-state index is 0. The second kappa shape index (κ2) is 8.84. The van der Waals surface area contributed by atoms with Crippen LogP contribution in [-0.2, 0) is 6.54 Å². The van der Waals surface area contributed by atoms with Crippen molar-refractivity contribution in [3.05, 3.63) is 33.6 Å². The van der Waals surface area contributed by atoms with Crippen molar-refractivity contribution in [3.8, 4) is 0 Å². The summed E-state index contributed by atoms with van der Waals surface area (Å²) in [7, 11) is 1.85. The summed E-state index contributed by atoms with van der Waals surface area (Å²) in [5.41, 5.74) is 0. The van der Waals surface area contributed by atoms with Crippen molar-refractivity contribution in [2.75, 3.05) is 38.1 Å². The van der Waals surface area contributed by atoms with E-state index in [4.69, 9.17) is 0 Å². The number of guanidine groups is 1. The van der Waals surface area contributed by atoms with Crippen LogP contribution in [0.25, 0.3) is 0 Å². The highest BCUT2D eigenvalue weighted by Crippen LogP contribution is 2.22. The van der Waals surface area contributed by atoms with Crippen LogP contribution in [0.4, 0.5) is 5.00 Å². The number of aromatic nitrogens is 1. The van der Waals surface area contributed by atoms with Crippen LogP contribution < -0.4 is 10.2 Å². The zero-order valence-electron chi connectivity index (χ0n) is 13.4. The molecule has 2 aromatic heterocycles. The molecule has 1 aliphatic rings. The molecule has 0 aromatic carbocycles. The number of hydrogen-bond acceptors (Lipinski definition) is 5. The summed E-state index contributed by atoms with van der Waals surface area (Å²) in [5, 5.41) is 8.03. The summed E-state index contributed by atoms with van der Waals surface area (Å²) in [4.78, 5) is 14.8. The van der Waals surface area contributed by atoms with E-state index >= 15 is 0 Å². The second-order valence-electron chi connectivity index (χ2n) is 5.19. The molecule has 0 spiro atoms. The number of nitrogens with one attached hydrogen (secondary N) is 1. The Bertz CT molecular complexity index is 618. The first-order valence-corrected chi connectivity index (χ1v) is 9.11. The summed E-state index contributed by atoms with van der Waals surface area (Å²) in [6, 6.07) is 4.31. The van der Waals surface area contributed by atoms with Gasteiger partial charge in [0.05, 0.1) is 11.5 Å². The molecule has 1 N–H and O–H groups in total. The number of halogens is 1. The minimum Gasteiger partial charge on any atom is -0.360 e. The highest BCUT2D eigenvalue weighted by Gasteiger charge is 2.20. The van der Waals surface area contributed by atoms with Crippen LogP contribution in [0, 0.1) is 6.92 Å². The van der Waals surface area contributed by atoms with Crippen LogP contribution in [0.2, 0.25) is 0 Å². The highest BCUT2D eigenvalue weighted by atomic mass is 127. The van der Waals surface area contributed by atoms with Gasteiger partial charge in [-0.25, -0.2) is 4.98 Å². The average molecular weight is 463 g/mol. The summed E-state index contributed by atoms with van der Waals surface area (Å²) in [5.74, 6) is 0.971. The third-order valence-electron chi connectivity index (χ3n) is 3.68. The molecule has 0 saturated carbocycles. The largest absolute Gasteiger partial charge is 0.360 e. The maximum atomic E-state index is 4.41. The van der Waals surface area contributed by atoms with Crippen molar-refractivity contribution in [3.63, 3.8) is 0 Å². The Hall–Kier alpha value is -0.870. The normalized spacial score (nSPS) is 15.5. The zero-order valence-corrected chi connectivity index (χ0v) is 17.3. The molecule has 1 saturated heterocycles. The lowest BCUT2D eigenvalue weighted by Crippen LogP contribution is -2.52. The van der Waals surface area contributed by atoms with E-state index in [-0.39, 0.29) is 24.0 Å². The smallest absolute Gasteiger partial charge is 0.194 e. The lowest BCUT2D eigenvalue weighted by molar-refractivity contribution is 0.373. The average Bonchev–Trinajstić information content (AvgIpc) is 3.20. The van der Waals surface area contributed by atoms with Crippen LogP contribution in [0.15, 0.2) is 28.7 Å². The van der Waals surface area contributed by atoms with Gasteiger partial charge in [-0.15, -0.1) is 46.7 Å². The molecule has 5 nitrogen and oxygen atoms in total. The van der Waals surface area contributed by atoms with Crippen molar-refractivity contribution in [2.45, 2.75) is 13.5 Å². The maximum absolute atomic E-state index is 4.41. The molecule has 3 rings (SSSR count). The first-order valence-electron chi connectivity index (χ1n) is 7.41. The van der Waals surface area contributed by atoms with E-state index in [0.29, 0.717) is 0 Å². The van der Waals surface area contributed by atoms with Gasteiger partial charge in [-0.1, -0.05) is 0 Å². The molecule has 0 aliphatic carbocycles. The van der Waals surface area contributed by atoms with Crippen LogP contribution in [0.3, 0.4) is 0 Å². The molecule has 0 amide bonds. The Labute approximate surface area is 162 Å². The molecule has 0 atom stereocenters. The van der Waals surface area contributed by atoms with E-state index in [2.05, 4.69) is 49.5 Å². The van der Waals surface area contributed by atoms with Crippen LogP contribution in [0.5, 0.6) is 0 Å². The maximum Gasteiger partial charge on any atom is 0.194 e. The molecule has 0 unspecified atom stereocenters. The highest BCUT2D eigenvalue weighted by molar-refractivity contribution is 14.0. The Morgan fingerprint density at radius 1 is 1.35 bits per heavy atom. The van der Waals surface area contributed by atoms with Gasteiger partial charge in [0.2, 0.25) is 0 Å². The van der Waals surface area contributed by atoms with Crippen LogP contribution in [-0.4, -0.2) is 49.1 Å². The fourth-order valence-corrected chi connectivity index (χ4v) is 4.07. The van der Waals surface area contributed by atoms with Gasteiger partial charge < -0.3 is 15.1 Å². The van der Waals surface area contributed by atoms with Gasteiger partial charge in [-0.3, -0.25) is 4.99 Å². The topological polar surface area (TPSA) is 43.8 Å². The molecule has 0 radical (unpaired) electrons. The van der Waals surface area contributed by atoms with E-state index in [1.807, 2.05) is 24.6 Å². The van der Waals surface area contributed by atoms with Crippen molar-refractivity contribution in [2.24, 2.45) is 4.99 Å². The number of aryl methyl sites for hydroxylation is 1. The minimum absolute atomic E-state index is 0. The third kappa shape index (κ3) is 4.80. The van der Waals surface area contributed by atoms with Gasteiger partial charge >= 0.3 is 0 Å². The number of rotatable bonds is 3. The van der Waals surface area contributed by atoms with E-state index in [9.17, 15) is 0 Å². The number of piperazine rings is 1. The Morgan fingerprint density at radius 2 is 2.13 bits per heavy atom. The summed E-state index contributed by atoms with van der Waals surface area (Å²) in [6.45, 7) is 6.90. The molecule has 23 heavy (non-hydrogen) atoms. The predicted octanol–water partition coefficient (Wildman–Crippen LogP) is 3.03. The van der Waals surface area contributed by atoms with Crippen molar-refractivity contribution < 1.29 is 0 Å². The molecular formula is C15H22IN5S2. The lowest BCUT2D eigenvalue weighted by Gasteiger charge is -2.36. The standard InChI is InChI=1S/C15H21N5S2.HI/c1-12-10-17-13(22-12)11-18-15(16-2)20-7-5-19(6-8-20)14-4-3-9-21-14;/h3-4,9-10H,5-8,11H2,1-2H3,(H,16,18);1H. The quantitative estimate of drug-likeness (QED) is 0.432. The number of anilines is 1. The Balaban J connectivity index is 0.00000192. The van der Waals surface area contributed by atoms with Crippen LogP contribution >= 0.6 is 46.7 Å². The molecule has 2 aromatic rings.